The van der Waals surface area contributed by atoms with Gasteiger partial charge >= 0.3 is 6.18 Å². The normalized spacial score (nSPS) is 11.8. The number of nitrogens with two attached hydrogens (primary N) is 1. The first kappa shape index (κ1) is 12.3. The van der Waals surface area contributed by atoms with E-state index in [1.54, 1.807) is 0 Å². The van der Waals surface area contributed by atoms with Crippen LogP contribution in [0, 0.1) is 0 Å². The third-order valence-electron chi connectivity index (χ3n) is 2.44. The Morgan fingerprint density at radius 1 is 1.33 bits per heavy atom. The first-order valence-corrected chi connectivity index (χ1v) is 5.15. The third kappa shape index (κ3) is 2.13. The first-order chi connectivity index (χ1) is 8.43. The van der Waals surface area contributed by atoms with Gasteiger partial charge in [-0.2, -0.15) is 18.3 Å². The average Bonchev–Trinajstić information content (AvgIpc) is 2.77. The Morgan fingerprint density at radius 3 is 2.61 bits per heavy atom. The van der Waals surface area contributed by atoms with Crippen LogP contribution in [0.1, 0.15) is 18.1 Å². The maximum Gasteiger partial charge on any atom is 0.419 e. The van der Waals surface area contributed by atoms with Crippen LogP contribution in [0.5, 0.6) is 0 Å². The highest BCUT2D eigenvalue weighted by Gasteiger charge is 2.32. The van der Waals surface area contributed by atoms with Gasteiger partial charge in [0.05, 0.1) is 11.8 Å². The number of halogens is 3. The molecule has 2 heterocycles. The minimum Gasteiger partial charge on any atom is -0.383 e. The van der Waals surface area contributed by atoms with Gasteiger partial charge in [0.25, 0.3) is 0 Å². The van der Waals surface area contributed by atoms with Crippen molar-refractivity contribution in [1.82, 2.24) is 19.7 Å². The highest BCUT2D eigenvalue weighted by Crippen LogP contribution is 2.29. The van der Waals surface area contributed by atoms with E-state index in [1.807, 2.05) is 6.92 Å². The van der Waals surface area contributed by atoms with Crippen molar-refractivity contribution in [2.24, 2.45) is 0 Å². The molecule has 0 aliphatic rings. The highest BCUT2D eigenvalue weighted by atomic mass is 19.4. The fourth-order valence-corrected chi connectivity index (χ4v) is 1.54. The predicted molar refractivity (Wildman–Crippen MR) is 57.9 cm³/mol. The summed E-state index contributed by atoms with van der Waals surface area (Å²) in [5.74, 6) is 0.507. The van der Waals surface area contributed by atoms with Crippen LogP contribution in [0.2, 0.25) is 0 Å². The van der Waals surface area contributed by atoms with E-state index in [9.17, 15) is 13.2 Å². The molecule has 0 saturated carbocycles. The minimum absolute atomic E-state index is 0.242. The van der Waals surface area contributed by atoms with E-state index in [-0.39, 0.29) is 11.6 Å². The largest absolute Gasteiger partial charge is 0.419 e. The summed E-state index contributed by atoms with van der Waals surface area (Å²) in [6, 6.07) is 0. The first-order valence-electron chi connectivity index (χ1n) is 5.15. The summed E-state index contributed by atoms with van der Waals surface area (Å²) in [5, 5.41) is 3.65. The summed E-state index contributed by atoms with van der Waals surface area (Å²) in [6.45, 7) is 1.81. The number of alkyl halides is 3. The van der Waals surface area contributed by atoms with Crippen molar-refractivity contribution in [3.8, 4) is 5.82 Å². The van der Waals surface area contributed by atoms with E-state index in [0.29, 0.717) is 12.0 Å². The van der Waals surface area contributed by atoms with Crippen LogP contribution in [0.3, 0.4) is 0 Å². The van der Waals surface area contributed by atoms with Gasteiger partial charge in [0.1, 0.15) is 12.1 Å². The molecule has 0 aromatic carbocycles. The lowest BCUT2D eigenvalue weighted by molar-refractivity contribution is -0.137. The van der Waals surface area contributed by atoms with Gasteiger partial charge in [-0.3, -0.25) is 0 Å². The Balaban J connectivity index is 2.50. The van der Waals surface area contributed by atoms with Gasteiger partial charge in [0, 0.05) is 11.8 Å². The number of hydrogen-bond acceptors (Lipinski definition) is 4. The molecular weight excluding hydrogens is 247 g/mol. The maximum atomic E-state index is 12.5. The molecule has 0 saturated heterocycles. The molecule has 2 N–H and O–H groups in total. The third-order valence-corrected chi connectivity index (χ3v) is 2.44. The lowest BCUT2D eigenvalue weighted by Crippen LogP contribution is -2.08. The van der Waals surface area contributed by atoms with Gasteiger partial charge in [-0.05, 0) is 6.42 Å². The van der Waals surface area contributed by atoms with Gasteiger partial charge in [-0.1, -0.05) is 6.92 Å². The van der Waals surface area contributed by atoms with Crippen molar-refractivity contribution in [3.63, 3.8) is 0 Å². The quantitative estimate of drug-likeness (QED) is 0.891. The van der Waals surface area contributed by atoms with E-state index >= 15 is 0 Å². The molecule has 0 aliphatic carbocycles. The topological polar surface area (TPSA) is 69.6 Å². The fraction of sp³-hybridized carbons (Fsp3) is 0.300. The Kier molecular flexibility index (Phi) is 2.93. The standard InChI is InChI=1S/C10H10F3N5/c1-2-7-8(14)15-5-16-9(7)18-4-6(3-17-18)10(11,12)13/h3-5H,2H2,1H3,(H2,14,15,16). The SMILES string of the molecule is CCc1c(N)ncnc1-n1cc(C(F)(F)F)cn1. The van der Waals surface area contributed by atoms with E-state index in [1.165, 1.54) is 6.33 Å². The highest BCUT2D eigenvalue weighted by molar-refractivity contribution is 5.48. The number of nitrogen functional groups attached to an aromatic ring is 1. The van der Waals surface area contributed by atoms with Crippen molar-refractivity contribution in [3.05, 3.63) is 29.8 Å². The number of hydrogen-bond donors (Lipinski definition) is 1. The Morgan fingerprint density at radius 2 is 2.06 bits per heavy atom. The second-order valence-electron chi connectivity index (χ2n) is 3.59. The number of nitrogens with zero attached hydrogens (tertiary/aromatic N) is 4. The molecule has 0 aliphatic heterocycles. The number of aromatic nitrogens is 4. The summed E-state index contributed by atoms with van der Waals surface area (Å²) in [5.41, 5.74) is 5.38. The van der Waals surface area contributed by atoms with Crippen LogP contribution in [-0.4, -0.2) is 19.7 Å². The summed E-state index contributed by atoms with van der Waals surface area (Å²) < 4.78 is 38.5. The molecule has 0 atom stereocenters. The second kappa shape index (κ2) is 4.28. The summed E-state index contributed by atoms with van der Waals surface area (Å²) in [4.78, 5) is 7.71. The van der Waals surface area contributed by atoms with E-state index < -0.39 is 11.7 Å². The molecule has 5 nitrogen and oxygen atoms in total. The van der Waals surface area contributed by atoms with E-state index in [4.69, 9.17) is 5.73 Å². The van der Waals surface area contributed by atoms with Crippen molar-refractivity contribution in [2.45, 2.75) is 19.5 Å². The van der Waals surface area contributed by atoms with Crippen molar-refractivity contribution >= 4 is 5.82 Å². The second-order valence-corrected chi connectivity index (χ2v) is 3.59. The maximum absolute atomic E-state index is 12.5. The summed E-state index contributed by atoms with van der Waals surface area (Å²) in [6.07, 6.45) is -1.11. The lowest BCUT2D eigenvalue weighted by Gasteiger charge is -2.08. The number of anilines is 1. The molecule has 18 heavy (non-hydrogen) atoms. The molecular formula is C10H10F3N5. The monoisotopic (exact) mass is 257 g/mol. The van der Waals surface area contributed by atoms with Crippen LogP contribution >= 0.6 is 0 Å². The van der Waals surface area contributed by atoms with Crippen molar-refractivity contribution < 1.29 is 13.2 Å². The van der Waals surface area contributed by atoms with Gasteiger partial charge < -0.3 is 5.73 Å². The van der Waals surface area contributed by atoms with E-state index in [2.05, 4.69) is 15.1 Å². The minimum atomic E-state index is -4.43. The smallest absolute Gasteiger partial charge is 0.383 e. The Hall–Kier alpha value is -2.12. The molecule has 0 amide bonds. The van der Waals surface area contributed by atoms with Gasteiger partial charge in [0.2, 0.25) is 0 Å². The molecule has 96 valence electrons. The van der Waals surface area contributed by atoms with Crippen molar-refractivity contribution in [2.75, 3.05) is 5.73 Å². The van der Waals surface area contributed by atoms with Gasteiger partial charge in [-0.25, -0.2) is 14.6 Å². The molecule has 0 fully saturated rings. The molecule has 0 bridgehead atoms. The molecule has 8 heteroatoms. The summed E-state index contributed by atoms with van der Waals surface area (Å²) in [7, 11) is 0. The summed E-state index contributed by atoms with van der Waals surface area (Å²) >= 11 is 0. The molecule has 0 radical (unpaired) electrons. The average molecular weight is 257 g/mol. The van der Waals surface area contributed by atoms with E-state index in [0.717, 1.165) is 17.1 Å². The zero-order chi connectivity index (χ0) is 13.3. The van der Waals surface area contributed by atoms with Gasteiger partial charge in [0.15, 0.2) is 5.82 Å². The van der Waals surface area contributed by atoms with Crippen LogP contribution in [0.25, 0.3) is 5.82 Å². The van der Waals surface area contributed by atoms with Crippen LogP contribution in [0.4, 0.5) is 19.0 Å². The molecule has 2 aromatic rings. The molecule has 2 aromatic heterocycles. The molecule has 0 unspecified atom stereocenters. The number of rotatable bonds is 2. The van der Waals surface area contributed by atoms with Crippen LogP contribution < -0.4 is 5.73 Å². The van der Waals surface area contributed by atoms with Crippen LogP contribution in [-0.2, 0) is 12.6 Å². The molecule has 2 rings (SSSR count). The Labute approximate surface area is 100 Å². The predicted octanol–water partition coefficient (Wildman–Crippen LogP) is 1.83. The fourth-order valence-electron chi connectivity index (χ4n) is 1.54. The van der Waals surface area contributed by atoms with Gasteiger partial charge in [-0.15, -0.1) is 0 Å². The lowest BCUT2D eigenvalue weighted by atomic mass is 10.2. The zero-order valence-electron chi connectivity index (χ0n) is 9.44. The molecule has 0 spiro atoms. The van der Waals surface area contributed by atoms with Crippen LogP contribution in [0.15, 0.2) is 18.7 Å². The van der Waals surface area contributed by atoms with Crippen molar-refractivity contribution in [1.29, 1.82) is 0 Å². The zero-order valence-corrected chi connectivity index (χ0v) is 9.44. The Bertz CT molecular complexity index is 561.